The van der Waals surface area contributed by atoms with Crippen LogP contribution in [0.1, 0.15) is 23.2 Å². The van der Waals surface area contributed by atoms with Crippen molar-refractivity contribution in [3.63, 3.8) is 0 Å². The van der Waals surface area contributed by atoms with Gasteiger partial charge in [-0.05, 0) is 6.07 Å². The number of aromatic nitrogens is 1. The highest BCUT2D eigenvalue weighted by atomic mass is 19.3. The van der Waals surface area contributed by atoms with Crippen LogP contribution >= 0.6 is 0 Å². The Hall–Kier alpha value is -2.62. The summed E-state index contributed by atoms with van der Waals surface area (Å²) < 4.78 is 25.9. The predicted molar refractivity (Wildman–Crippen MR) is 69.9 cm³/mol. The highest BCUT2D eigenvalue weighted by Crippen LogP contribution is 2.24. The maximum Gasteiger partial charge on any atom is 0.265 e. The molecule has 5 nitrogen and oxygen atoms in total. The zero-order valence-corrected chi connectivity index (χ0v) is 10.6. The second kappa shape index (κ2) is 6.02. The second-order valence-electron chi connectivity index (χ2n) is 4.11. The Balaban J connectivity index is 2.21. The van der Waals surface area contributed by atoms with Crippen LogP contribution in [0.4, 0.5) is 8.78 Å². The fourth-order valence-corrected chi connectivity index (χ4v) is 1.75. The lowest BCUT2D eigenvalue weighted by Crippen LogP contribution is -2.22. The van der Waals surface area contributed by atoms with Crippen LogP contribution < -0.4 is 16.0 Å². The molecule has 2 heterocycles. The molecule has 1 aromatic rings. The maximum atomic E-state index is 13.0. The van der Waals surface area contributed by atoms with E-state index in [-0.39, 0.29) is 17.7 Å². The molecule has 1 aliphatic heterocycles. The molecule has 0 amide bonds. The van der Waals surface area contributed by atoms with Gasteiger partial charge in [0.1, 0.15) is 5.82 Å². The summed E-state index contributed by atoms with van der Waals surface area (Å²) in [4.78, 5) is 3.93. The lowest BCUT2D eigenvalue weighted by molar-refractivity contribution is 0.150. The van der Waals surface area contributed by atoms with E-state index in [0.29, 0.717) is 23.8 Å². The molecular weight excluding hydrogens is 264 g/mol. The molecule has 0 saturated heterocycles. The van der Waals surface area contributed by atoms with Gasteiger partial charge in [0, 0.05) is 29.2 Å². The van der Waals surface area contributed by atoms with E-state index in [1.807, 2.05) is 6.07 Å². The van der Waals surface area contributed by atoms with E-state index >= 15 is 0 Å². The fourth-order valence-electron chi connectivity index (χ4n) is 1.75. The zero-order valence-electron chi connectivity index (χ0n) is 10.6. The largest absolute Gasteiger partial charge is 0.371 e. The van der Waals surface area contributed by atoms with Gasteiger partial charge in [-0.1, -0.05) is 6.58 Å². The van der Waals surface area contributed by atoms with Crippen molar-refractivity contribution in [1.29, 1.82) is 5.26 Å². The van der Waals surface area contributed by atoms with Crippen molar-refractivity contribution >= 4 is 5.70 Å². The third-order valence-electron chi connectivity index (χ3n) is 2.75. The van der Waals surface area contributed by atoms with E-state index in [9.17, 15) is 8.78 Å². The Labute approximate surface area is 115 Å². The van der Waals surface area contributed by atoms with E-state index in [4.69, 9.17) is 5.26 Å². The predicted octanol–water partition coefficient (Wildman–Crippen LogP) is 1.59. The van der Waals surface area contributed by atoms with Gasteiger partial charge in [-0.15, -0.1) is 0 Å². The van der Waals surface area contributed by atoms with E-state index in [1.165, 1.54) is 12.3 Å². The van der Waals surface area contributed by atoms with E-state index in [0.717, 1.165) is 0 Å². The third kappa shape index (κ3) is 3.03. The van der Waals surface area contributed by atoms with Crippen molar-refractivity contribution in [3.05, 3.63) is 47.7 Å². The summed E-state index contributed by atoms with van der Waals surface area (Å²) in [6.45, 7) is 4.39. The molecule has 0 aliphatic carbocycles. The molecular formula is C13H13F2N5. The Morgan fingerprint density at radius 3 is 3.00 bits per heavy atom. The first-order valence-electron chi connectivity index (χ1n) is 5.89. The molecule has 1 aliphatic rings. The average molecular weight is 277 g/mol. The number of rotatable bonds is 5. The molecule has 0 aromatic carbocycles. The molecule has 0 radical (unpaired) electrons. The lowest BCUT2D eigenvalue weighted by Gasteiger charge is -2.13. The van der Waals surface area contributed by atoms with Gasteiger partial charge in [0.2, 0.25) is 0 Å². The molecule has 3 N–H and O–H groups in total. The van der Waals surface area contributed by atoms with Crippen LogP contribution in [-0.4, -0.2) is 11.7 Å². The third-order valence-corrected chi connectivity index (χ3v) is 2.75. The van der Waals surface area contributed by atoms with Crippen LogP contribution in [-0.2, 0) is 6.42 Å². The Kier molecular flexibility index (Phi) is 4.15. The minimum absolute atomic E-state index is 0.0962. The topological polar surface area (TPSA) is 72.8 Å². The van der Waals surface area contributed by atoms with Crippen molar-refractivity contribution in [3.8, 4) is 6.07 Å². The molecule has 0 unspecified atom stereocenters. The summed E-state index contributed by atoms with van der Waals surface area (Å²) in [5.74, 6) is 0.703. The number of halogens is 2. The first-order chi connectivity index (χ1) is 9.61. The highest BCUT2D eigenvalue weighted by Gasteiger charge is 2.16. The summed E-state index contributed by atoms with van der Waals surface area (Å²) in [7, 11) is 0. The average Bonchev–Trinajstić information content (AvgIpc) is 2.92. The van der Waals surface area contributed by atoms with Gasteiger partial charge >= 0.3 is 0 Å². The van der Waals surface area contributed by atoms with Crippen molar-refractivity contribution < 1.29 is 8.78 Å². The second-order valence-corrected chi connectivity index (χ2v) is 4.11. The van der Waals surface area contributed by atoms with Crippen LogP contribution in [0.2, 0.25) is 0 Å². The smallest absolute Gasteiger partial charge is 0.265 e. The van der Waals surface area contributed by atoms with Crippen molar-refractivity contribution in [2.75, 3.05) is 6.67 Å². The van der Waals surface area contributed by atoms with Gasteiger partial charge in [0.15, 0.2) is 0 Å². The molecule has 0 atom stereocenters. The molecule has 1 aromatic heterocycles. The van der Waals surface area contributed by atoms with Gasteiger partial charge in [0.05, 0.1) is 24.9 Å². The summed E-state index contributed by atoms with van der Waals surface area (Å²) in [5, 5.41) is 17.5. The highest BCUT2D eigenvalue weighted by molar-refractivity contribution is 5.63. The zero-order chi connectivity index (χ0) is 14.5. The number of nitrogens with one attached hydrogen (secondary N) is 3. The Bertz CT molecular complexity index is 589. The van der Waals surface area contributed by atoms with Gasteiger partial charge in [0.25, 0.3) is 6.43 Å². The molecule has 0 saturated carbocycles. The summed E-state index contributed by atoms with van der Waals surface area (Å²) in [6.07, 6.45) is 0.327. The first kappa shape index (κ1) is 13.8. The van der Waals surface area contributed by atoms with Gasteiger partial charge in [-0.25, -0.2) is 8.78 Å². The SMILES string of the molecule is C=C(NC1=CNCN1)c1cnc(CC#N)c(C(F)F)c1. The normalized spacial score (nSPS) is 13.2. The van der Waals surface area contributed by atoms with Crippen LogP contribution in [0, 0.1) is 11.3 Å². The van der Waals surface area contributed by atoms with Gasteiger partial charge < -0.3 is 16.0 Å². The maximum absolute atomic E-state index is 13.0. The number of alkyl halides is 2. The first-order valence-corrected chi connectivity index (χ1v) is 5.89. The number of hydrogen-bond acceptors (Lipinski definition) is 5. The van der Waals surface area contributed by atoms with Crippen LogP contribution in [0.25, 0.3) is 5.70 Å². The number of pyridine rings is 1. The van der Waals surface area contributed by atoms with Crippen LogP contribution in [0.5, 0.6) is 0 Å². The number of nitriles is 1. The molecule has 0 spiro atoms. The van der Waals surface area contributed by atoms with Crippen molar-refractivity contribution in [2.45, 2.75) is 12.8 Å². The van der Waals surface area contributed by atoms with Crippen LogP contribution in [0.3, 0.4) is 0 Å². The quantitative estimate of drug-likeness (QED) is 0.762. The molecule has 0 fully saturated rings. The fraction of sp³-hybridized carbons (Fsp3) is 0.231. The Morgan fingerprint density at radius 1 is 1.60 bits per heavy atom. The van der Waals surface area contributed by atoms with Gasteiger partial charge in [-0.2, -0.15) is 5.26 Å². The molecule has 7 heteroatoms. The molecule has 104 valence electrons. The monoisotopic (exact) mass is 277 g/mol. The Morgan fingerprint density at radius 2 is 2.40 bits per heavy atom. The minimum Gasteiger partial charge on any atom is -0.371 e. The molecule has 20 heavy (non-hydrogen) atoms. The van der Waals surface area contributed by atoms with Crippen molar-refractivity contribution in [1.82, 2.24) is 20.9 Å². The van der Waals surface area contributed by atoms with Gasteiger partial charge in [-0.3, -0.25) is 4.98 Å². The van der Waals surface area contributed by atoms with Crippen molar-refractivity contribution in [2.24, 2.45) is 0 Å². The molecule has 0 bridgehead atoms. The number of hydrogen-bond donors (Lipinski definition) is 3. The van der Waals surface area contributed by atoms with E-state index in [1.54, 1.807) is 6.20 Å². The van der Waals surface area contributed by atoms with Crippen LogP contribution in [0.15, 0.2) is 30.9 Å². The number of nitrogens with zero attached hydrogens (tertiary/aromatic N) is 2. The minimum atomic E-state index is -2.68. The summed E-state index contributed by atoms with van der Waals surface area (Å²) in [6, 6.07) is 3.13. The summed E-state index contributed by atoms with van der Waals surface area (Å²) in [5.41, 5.74) is 0.763. The summed E-state index contributed by atoms with van der Waals surface area (Å²) >= 11 is 0. The van der Waals surface area contributed by atoms with E-state index < -0.39 is 6.43 Å². The lowest BCUT2D eigenvalue weighted by atomic mass is 10.1. The standard InChI is InChI=1S/C13H13F2N5/c1-8(20-12-6-17-7-19-12)9-4-10(13(14)15)11(2-3-16)18-5-9/h4-6,13,17,19-20H,1-2,7H2. The molecule has 2 rings (SSSR count). The van der Waals surface area contributed by atoms with E-state index in [2.05, 4.69) is 27.5 Å².